The van der Waals surface area contributed by atoms with Crippen LogP contribution in [0.4, 0.5) is 5.69 Å². The van der Waals surface area contributed by atoms with E-state index in [1.54, 1.807) is 12.3 Å². The van der Waals surface area contributed by atoms with Gasteiger partial charge in [-0.1, -0.05) is 0 Å². The zero-order valence-electron chi connectivity index (χ0n) is 20.1. The lowest BCUT2D eigenvalue weighted by atomic mass is 10.1. The van der Waals surface area contributed by atoms with Gasteiger partial charge in [0.2, 0.25) is 25.0 Å². The molecule has 37 heavy (non-hydrogen) atoms. The van der Waals surface area contributed by atoms with Crippen molar-refractivity contribution in [1.82, 2.24) is 34.1 Å². The lowest BCUT2D eigenvalue weighted by Gasteiger charge is -2.29. The van der Waals surface area contributed by atoms with Crippen LogP contribution in [0.2, 0.25) is 0 Å². The minimum Gasteiger partial charge on any atom is -0.371 e. The van der Waals surface area contributed by atoms with E-state index >= 15 is 0 Å². The Labute approximate surface area is 212 Å². The van der Waals surface area contributed by atoms with Crippen molar-refractivity contribution in [3.05, 3.63) is 36.8 Å². The molecule has 0 atom stereocenters. The van der Waals surface area contributed by atoms with Gasteiger partial charge in [-0.15, -0.1) is 0 Å². The molecule has 0 bridgehead atoms. The number of pyridine rings is 2. The largest absolute Gasteiger partial charge is 0.371 e. The van der Waals surface area contributed by atoms with E-state index in [4.69, 9.17) is 0 Å². The van der Waals surface area contributed by atoms with Crippen LogP contribution in [-0.2, 0) is 19.9 Å². The third-order valence-electron chi connectivity index (χ3n) is 6.53. The Morgan fingerprint density at radius 1 is 0.919 bits per heavy atom. The number of H-pyrrole nitrogens is 2. The number of fused-ring (bicyclic) bond motifs is 2. The SMILES string of the molecule is CS(=O)(=O)c1ncc(-c2cnc3n[nH]c(-c4cc5c(N6CCCCC6)ccnc5[nH]4)c3c2)n1S(C)(=O)=O. The van der Waals surface area contributed by atoms with Gasteiger partial charge in [0.15, 0.2) is 5.65 Å². The average Bonchev–Trinajstić information content (AvgIpc) is 3.59. The molecule has 5 aromatic rings. The highest BCUT2D eigenvalue weighted by Crippen LogP contribution is 2.34. The van der Waals surface area contributed by atoms with Crippen LogP contribution in [0.1, 0.15) is 19.3 Å². The van der Waals surface area contributed by atoms with Crippen LogP contribution in [0.25, 0.3) is 44.7 Å². The Morgan fingerprint density at radius 3 is 2.43 bits per heavy atom. The van der Waals surface area contributed by atoms with E-state index in [2.05, 4.69) is 35.0 Å². The number of anilines is 1. The second kappa shape index (κ2) is 8.38. The molecule has 1 aliphatic heterocycles. The maximum absolute atomic E-state index is 12.5. The number of hydrogen-bond donors (Lipinski definition) is 2. The fourth-order valence-corrected chi connectivity index (χ4v) is 7.18. The number of sulfone groups is 1. The Hall–Kier alpha value is -3.78. The van der Waals surface area contributed by atoms with Crippen LogP contribution >= 0.6 is 0 Å². The van der Waals surface area contributed by atoms with Gasteiger partial charge in [0.05, 0.1) is 29.5 Å². The molecular weight excluding hydrogens is 516 g/mol. The molecule has 0 amide bonds. The van der Waals surface area contributed by atoms with E-state index in [1.165, 1.54) is 18.8 Å². The van der Waals surface area contributed by atoms with E-state index in [0.717, 1.165) is 64.8 Å². The summed E-state index contributed by atoms with van der Waals surface area (Å²) in [4.78, 5) is 18.5. The highest BCUT2D eigenvalue weighted by molar-refractivity contribution is 7.92. The lowest BCUT2D eigenvalue weighted by Crippen LogP contribution is -2.29. The second-order valence-corrected chi connectivity index (χ2v) is 13.0. The first kappa shape index (κ1) is 23.6. The summed E-state index contributed by atoms with van der Waals surface area (Å²) in [6, 6.07) is 5.77. The summed E-state index contributed by atoms with van der Waals surface area (Å²) in [5.41, 5.74) is 4.18. The fourth-order valence-electron chi connectivity index (χ4n) is 4.89. The van der Waals surface area contributed by atoms with Crippen LogP contribution in [0.15, 0.2) is 41.9 Å². The fraction of sp³-hybridized carbons (Fsp3) is 0.304. The summed E-state index contributed by atoms with van der Waals surface area (Å²) < 4.78 is 50.2. The Morgan fingerprint density at radius 2 is 1.70 bits per heavy atom. The van der Waals surface area contributed by atoms with Crippen molar-refractivity contribution in [3.63, 3.8) is 0 Å². The molecule has 0 saturated carbocycles. The monoisotopic (exact) mass is 540 g/mol. The standard InChI is InChI=1S/C23H24N8O4S2/c1-36(32,33)23-26-13-19(31(23)37(2,34)35)14-10-16-20(28-29-22(16)25-12-14)17-11-15-18(6-7-24-21(15)27-17)30-8-4-3-5-9-30/h6-7,10-13H,3-5,8-9H2,1-2H3,(H,24,27)(H,25,28,29). The quantitative estimate of drug-likeness (QED) is 0.341. The van der Waals surface area contributed by atoms with Gasteiger partial charge in [-0.25, -0.2) is 35.8 Å². The van der Waals surface area contributed by atoms with Gasteiger partial charge in [0.1, 0.15) is 5.65 Å². The van der Waals surface area contributed by atoms with Crippen LogP contribution in [-0.4, -0.2) is 76.5 Å². The first-order chi connectivity index (χ1) is 17.6. The summed E-state index contributed by atoms with van der Waals surface area (Å²) in [7, 11) is -7.88. The highest BCUT2D eigenvalue weighted by atomic mass is 32.2. The van der Waals surface area contributed by atoms with Gasteiger partial charge in [-0.05, 0) is 37.5 Å². The third-order valence-corrected chi connectivity index (χ3v) is 8.63. The smallest absolute Gasteiger partial charge is 0.241 e. The molecule has 14 heteroatoms. The number of nitrogens with one attached hydrogen (secondary N) is 2. The maximum Gasteiger partial charge on any atom is 0.241 e. The highest BCUT2D eigenvalue weighted by Gasteiger charge is 2.26. The zero-order chi connectivity index (χ0) is 25.9. The predicted molar refractivity (Wildman–Crippen MR) is 140 cm³/mol. The maximum atomic E-state index is 12.5. The van der Waals surface area contributed by atoms with Crippen LogP contribution in [0.3, 0.4) is 0 Å². The molecule has 6 rings (SSSR count). The molecule has 0 unspecified atom stereocenters. The molecule has 0 aromatic carbocycles. The summed E-state index contributed by atoms with van der Waals surface area (Å²) in [5, 5.41) is 8.40. The lowest BCUT2D eigenvalue weighted by molar-refractivity contribution is 0.574. The second-order valence-electron chi connectivity index (χ2n) is 9.24. The number of hydrogen-bond acceptors (Lipinski definition) is 9. The van der Waals surface area contributed by atoms with E-state index in [-0.39, 0.29) is 5.69 Å². The number of nitrogens with zero attached hydrogens (tertiary/aromatic N) is 6. The molecule has 1 saturated heterocycles. The van der Waals surface area contributed by atoms with Gasteiger partial charge in [0, 0.05) is 53.8 Å². The minimum atomic E-state index is -3.98. The van der Waals surface area contributed by atoms with Crippen molar-refractivity contribution in [2.45, 2.75) is 24.4 Å². The van der Waals surface area contributed by atoms with Crippen molar-refractivity contribution >= 4 is 47.6 Å². The number of imidazole rings is 1. The summed E-state index contributed by atoms with van der Waals surface area (Å²) in [5.74, 6) is 0. The first-order valence-electron chi connectivity index (χ1n) is 11.7. The molecule has 0 spiro atoms. The predicted octanol–water partition coefficient (Wildman–Crippen LogP) is 2.57. The van der Waals surface area contributed by atoms with Gasteiger partial charge in [-0.2, -0.15) is 5.10 Å². The molecule has 0 radical (unpaired) electrons. The molecule has 1 fully saturated rings. The first-order valence-corrected chi connectivity index (χ1v) is 15.4. The molecular formula is C23H24N8O4S2. The van der Waals surface area contributed by atoms with E-state index in [0.29, 0.717) is 22.3 Å². The number of aromatic nitrogens is 7. The molecule has 12 nitrogen and oxygen atoms in total. The number of piperidine rings is 1. The molecule has 2 N–H and O–H groups in total. The summed E-state index contributed by atoms with van der Waals surface area (Å²) in [6.45, 7) is 2.01. The topological polar surface area (TPSA) is 160 Å². The summed E-state index contributed by atoms with van der Waals surface area (Å²) >= 11 is 0. The van der Waals surface area contributed by atoms with Gasteiger partial charge in [-0.3, -0.25) is 5.10 Å². The van der Waals surface area contributed by atoms with Gasteiger partial charge in [0.25, 0.3) is 0 Å². The van der Waals surface area contributed by atoms with Crippen molar-refractivity contribution in [2.24, 2.45) is 0 Å². The van der Waals surface area contributed by atoms with Crippen LogP contribution in [0, 0.1) is 0 Å². The molecule has 192 valence electrons. The Balaban J connectivity index is 1.49. The van der Waals surface area contributed by atoms with Crippen LogP contribution < -0.4 is 4.90 Å². The van der Waals surface area contributed by atoms with Gasteiger partial charge >= 0.3 is 0 Å². The van der Waals surface area contributed by atoms with Gasteiger partial charge < -0.3 is 9.88 Å². The Kier molecular flexibility index (Phi) is 5.35. The minimum absolute atomic E-state index is 0.0928. The van der Waals surface area contributed by atoms with E-state index in [1.807, 2.05) is 12.1 Å². The normalized spacial score (nSPS) is 15.1. The number of aromatic amines is 2. The Bertz CT molecular complexity index is 1880. The van der Waals surface area contributed by atoms with E-state index in [9.17, 15) is 16.8 Å². The van der Waals surface area contributed by atoms with Crippen LogP contribution in [0.5, 0.6) is 0 Å². The molecule has 5 aromatic heterocycles. The zero-order valence-corrected chi connectivity index (χ0v) is 21.8. The van der Waals surface area contributed by atoms with E-state index < -0.39 is 25.0 Å². The average molecular weight is 541 g/mol. The molecule has 1 aliphatic rings. The van der Waals surface area contributed by atoms with Crippen molar-refractivity contribution < 1.29 is 16.8 Å². The molecule has 0 aliphatic carbocycles. The van der Waals surface area contributed by atoms with Crippen molar-refractivity contribution in [2.75, 3.05) is 30.5 Å². The van der Waals surface area contributed by atoms with Crippen molar-refractivity contribution in [1.29, 1.82) is 0 Å². The number of rotatable bonds is 5. The summed E-state index contributed by atoms with van der Waals surface area (Å²) in [6.07, 6.45) is 9.86. The van der Waals surface area contributed by atoms with Crippen molar-refractivity contribution in [3.8, 4) is 22.6 Å². The third kappa shape index (κ3) is 4.05. The molecule has 6 heterocycles.